The number of anilines is 1. The Morgan fingerprint density at radius 3 is 2.62 bits per heavy atom. The van der Waals surface area contributed by atoms with Gasteiger partial charge in [0.15, 0.2) is 0 Å². The highest BCUT2D eigenvalue weighted by Gasteiger charge is 2.18. The first-order chi connectivity index (χ1) is 10.0. The molecule has 7 heteroatoms. The van der Waals surface area contributed by atoms with E-state index in [0.29, 0.717) is 25.3 Å². The number of carbonyl (C=O) groups excluding carboxylic acids is 1. The standard InChI is InChI=1S/C14H22N4O3/c1-4-16-13(19)10-17(5-2)9-11-7-6-8-12(18(20)21)14(11)15-3/h6-8,15H,4-5,9-10H2,1-3H3,(H,16,19). The lowest BCUT2D eigenvalue weighted by Crippen LogP contribution is -2.36. The van der Waals surface area contributed by atoms with Crippen molar-refractivity contribution >= 4 is 17.3 Å². The molecule has 0 heterocycles. The van der Waals surface area contributed by atoms with Gasteiger partial charge in [0.25, 0.3) is 5.69 Å². The van der Waals surface area contributed by atoms with E-state index in [4.69, 9.17) is 0 Å². The van der Waals surface area contributed by atoms with Crippen LogP contribution in [0.25, 0.3) is 0 Å². The zero-order valence-electron chi connectivity index (χ0n) is 12.7. The number of hydrogen-bond acceptors (Lipinski definition) is 5. The number of rotatable bonds is 8. The van der Waals surface area contributed by atoms with Crippen LogP contribution in [0, 0.1) is 10.1 Å². The van der Waals surface area contributed by atoms with Gasteiger partial charge in [-0.15, -0.1) is 0 Å². The van der Waals surface area contributed by atoms with Gasteiger partial charge in [0.2, 0.25) is 5.91 Å². The van der Waals surface area contributed by atoms with Gasteiger partial charge in [0.05, 0.1) is 11.5 Å². The van der Waals surface area contributed by atoms with Crippen molar-refractivity contribution in [2.24, 2.45) is 0 Å². The lowest BCUT2D eigenvalue weighted by atomic mass is 10.1. The fourth-order valence-electron chi connectivity index (χ4n) is 2.14. The topological polar surface area (TPSA) is 87.5 Å². The molecule has 0 radical (unpaired) electrons. The van der Waals surface area contributed by atoms with Crippen LogP contribution < -0.4 is 10.6 Å². The maximum absolute atomic E-state index is 11.7. The van der Waals surface area contributed by atoms with Crippen molar-refractivity contribution in [2.45, 2.75) is 20.4 Å². The molecule has 0 aliphatic carbocycles. The van der Waals surface area contributed by atoms with Crippen LogP contribution >= 0.6 is 0 Å². The predicted octanol–water partition coefficient (Wildman–Crippen LogP) is 1.59. The molecule has 0 fully saturated rings. The molecular weight excluding hydrogens is 272 g/mol. The summed E-state index contributed by atoms with van der Waals surface area (Å²) in [5.41, 5.74) is 1.35. The molecule has 1 aromatic rings. The summed E-state index contributed by atoms with van der Waals surface area (Å²) >= 11 is 0. The van der Waals surface area contributed by atoms with Crippen molar-refractivity contribution in [1.29, 1.82) is 0 Å². The van der Waals surface area contributed by atoms with Crippen molar-refractivity contribution in [3.63, 3.8) is 0 Å². The number of nitrogens with zero attached hydrogens (tertiary/aromatic N) is 2. The van der Waals surface area contributed by atoms with Gasteiger partial charge in [0, 0.05) is 26.2 Å². The van der Waals surface area contributed by atoms with Crippen LogP contribution in [0.1, 0.15) is 19.4 Å². The largest absolute Gasteiger partial charge is 0.382 e. The van der Waals surface area contributed by atoms with Gasteiger partial charge in [-0.25, -0.2) is 0 Å². The summed E-state index contributed by atoms with van der Waals surface area (Å²) in [6.45, 7) is 5.85. The number of likely N-dealkylation sites (N-methyl/N-ethyl adjacent to an activating group) is 2. The van der Waals surface area contributed by atoms with Crippen molar-refractivity contribution in [3.05, 3.63) is 33.9 Å². The highest BCUT2D eigenvalue weighted by atomic mass is 16.6. The first-order valence-corrected chi connectivity index (χ1v) is 6.96. The number of nitrogens with one attached hydrogen (secondary N) is 2. The van der Waals surface area contributed by atoms with E-state index in [1.54, 1.807) is 13.1 Å². The molecule has 2 N–H and O–H groups in total. The van der Waals surface area contributed by atoms with Crippen LogP contribution in [0.15, 0.2) is 18.2 Å². The summed E-state index contributed by atoms with van der Waals surface area (Å²) in [6.07, 6.45) is 0. The molecule has 7 nitrogen and oxygen atoms in total. The molecule has 0 atom stereocenters. The molecule has 116 valence electrons. The van der Waals surface area contributed by atoms with E-state index in [9.17, 15) is 14.9 Å². The molecule has 0 spiro atoms. The average molecular weight is 294 g/mol. The third-order valence-corrected chi connectivity index (χ3v) is 3.16. The van der Waals surface area contributed by atoms with Crippen LogP contribution in [0.2, 0.25) is 0 Å². The molecule has 0 bridgehead atoms. The van der Waals surface area contributed by atoms with Gasteiger partial charge in [0.1, 0.15) is 5.69 Å². The number of nitro benzene ring substituents is 1. The Balaban J connectivity index is 2.92. The Bertz CT molecular complexity index is 505. The number of hydrogen-bond donors (Lipinski definition) is 2. The second kappa shape index (κ2) is 8.21. The first kappa shape index (κ1) is 16.9. The number of carbonyl (C=O) groups is 1. The zero-order valence-corrected chi connectivity index (χ0v) is 12.7. The van der Waals surface area contributed by atoms with Crippen LogP contribution in [0.3, 0.4) is 0 Å². The fraction of sp³-hybridized carbons (Fsp3) is 0.500. The van der Waals surface area contributed by atoms with Crippen LogP contribution in [-0.4, -0.2) is 42.4 Å². The first-order valence-electron chi connectivity index (χ1n) is 6.96. The molecule has 0 saturated carbocycles. The number of nitro groups is 1. The minimum absolute atomic E-state index is 0.0454. The van der Waals surface area contributed by atoms with Crippen LogP contribution in [-0.2, 0) is 11.3 Å². The third kappa shape index (κ3) is 4.71. The third-order valence-electron chi connectivity index (χ3n) is 3.16. The monoisotopic (exact) mass is 294 g/mol. The molecule has 1 amide bonds. The Kier molecular flexibility index (Phi) is 6.61. The van der Waals surface area contributed by atoms with Gasteiger partial charge < -0.3 is 10.6 Å². The molecular formula is C14H22N4O3. The van der Waals surface area contributed by atoms with Crippen molar-refractivity contribution in [2.75, 3.05) is 32.0 Å². The van der Waals surface area contributed by atoms with Crippen LogP contribution in [0.5, 0.6) is 0 Å². The second-order valence-corrected chi connectivity index (χ2v) is 4.58. The average Bonchev–Trinajstić information content (AvgIpc) is 2.46. The van der Waals surface area contributed by atoms with Gasteiger partial charge in [-0.2, -0.15) is 0 Å². The lowest BCUT2D eigenvalue weighted by Gasteiger charge is -2.21. The molecule has 0 aliphatic heterocycles. The van der Waals surface area contributed by atoms with E-state index < -0.39 is 4.92 Å². The lowest BCUT2D eigenvalue weighted by molar-refractivity contribution is -0.384. The Morgan fingerprint density at radius 1 is 1.38 bits per heavy atom. The molecule has 0 unspecified atom stereocenters. The number of amides is 1. The van der Waals surface area contributed by atoms with E-state index in [1.807, 2.05) is 24.8 Å². The predicted molar refractivity (Wildman–Crippen MR) is 82.3 cm³/mol. The minimum atomic E-state index is -0.407. The molecule has 0 saturated heterocycles. The maximum atomic E-state index is 11.7. The van der Waals surface area contributed by atoms with E-state index >= 15 is 0 Å². The summed E-state index contributed by atoms with van der Waals surface area (Å²) in [5.74, 6) is -0.0456. The zero-order chi connectivity index (χ0) is 15.8. The van der Waals surface area contributed by atoms with Crippen molar-refractivity contribution < 1.29 is 9.72 Å². The fourth-order valence-corrected chi connectivity index (χ4v) is 2.14. The van der Waals surface area contributed by atoms with Gasteiger partial charge >= 0.3 is 0 Å². The SMILES string of the molecule is CCNC(=O)CN(CC)Cc1cccc([N+](=O)[O-])c1NC. The van der Waals surface area contributed by atoms with Crippen molar-refractivity contribution in [1.82, 2.24) is 10.2 Å². The second-order valence-electron chi connectivity index (χ2n) is 4.58. The minimum Gasteiger partial charge on any atom is -0.382 e. The Morgan fingerprint density at radius 2 is 2.10 bits per heavy atom. The van der Waals surface area contributed by atoms with E-state index in [-0.39, 0.29) is 18.1 Å². The highest BCUT2D eigenvalue weighted by molar-refractivity contribution is 5.78. The quantitative estimate of drug-likeness (QED) is 0.561. The van der Waals surface area contributed by atoms with Gasteiger partial charge in [-0.05, 0) is 19.0 Å². The molecule has 0 aliphatic rings. The van der Waals surface area contributed by atoms with Crippen LogP contribution in [0.4, 0.5) is 11.4 Å². The summed E-state index contributed by atoms with van der Waals surface area (Å²) in [6, 6.07) is 4.96. The molecule has 21 heavy (non-hydrogen) atoms. The molecule has 0 aromatic heterocycles. The summed E-state index contributed by atoms with van der Waals surface area (Å²) < 4.78 is 0. The normalized spacial score (nSPS) is 10.5. The van der Waals surface area contributed by atoms with Crippen molar-refractivity contribution in [3.8, 4) is 0 Å². The molecule has 1 rings (SSSR count). The number of para-hydroxylation sites is 1. The Hall–Kier alpha value is -2.15. The van der Waals surface area contributed by atoms with E-state index in [0.717, 1.165) is 5.56 Å². The molecule has 1 aromatic carbocycles. The van der Waals surface area contributed by atoms with E-state index in [1.165, 1.54) is 6.07 Å². The summed E-state index contributed by atoms with van der Waals surface area (Å²) in [4.78, 5) is 24.2. The smallest absolute Gasteiger partial charge is 0.292 e. The van der Waals surface area contributed by atoms with E-state index in [2.05, 4.69) is 10.6 Å². The van der Waals surface area contributed by atoms with Gasteiger partial charge in [-0.1, -0.05) is 19.1 Å². The summed E-state index contributed by atoms with van der Waals surface area (Å²) in [7, 11) is 1.66. The maximum Gasteiger partial charge on any atom is 0.292 e. The Labute approximate surface area is 124 Å². The highest BCUT2D eigenvalue weighted by Crippen LogP contribution is 2.28. The number of benzene rings is 1. The van der Waals surface area contributed by atoms with Gasteiger partial charge in [-0.3, -0.25) is 19.8 Å². The summed E-state index contributed by atoms with van der Waals surface area (Å²) in [5, 5.41) is 16.7.